The summed E-state index contributed by atoms with van der Waals surface area (Å²) in [6.45, 7) is 12.3. The van der Waals surface area contributed by atoms with E-state index in [-0.39, 0.29) is 0 Å². The topological polar surface area (TPSA) is 39.1 Å². The Bertz CT molecular complexity index is 1450. The maximum Gasteiger partial charge on any atom is 0.236 e. The summed E-state index contributed by atoms with van der Waals surface area (Å²) in [5, 5.41) is 2.27. The number of rotatable bonds is 2. The standard InChI is InChI=1S/C25H26ClNO2S/c1-13-8-15(3)22(16(4)9-13)19-11-20-23-17(5)10-14(2)18(6)24(23)27(30(7,28)29)25(20)21(26)12-19/h8-12H,1-7H3. The van der Waals surface area contributed by atoms with E-state index in [1.54, 1.807) is 0 Å². The van der Waals surface area contributed by atoms with Crippen molar-refractivity contribution in [3.63, 3.8) is 0 Å². The van der Waals surface area contributed by atoms with E-state index < -0.39 is 10.0 Å². The zero-order chi connectivity index (χ0) is 22.1. The third-order valence-corrected chi connectivity index (χ3v) is 7.36. The van der Waals surface area contributed by atoms with E-state index in [0.717, 1.165) is 44.1 Å². The van der Waals surface area contributed by atoms with E-state index in [0.29, 0.717) is 10.5 Å². The van der Waals surface area contributed by atoms with E-state index in [9.17, 15) is 8.42 Å². The van der Waals surface area contributed by atoms with Crippen LogP contribution in [0.15, 0.2) is 30.3 Å². The van der Waals surface area contributed by atoms with Gasteiger partial charge in [0.1, 0.15) is 0 Å². The number of hydrogen-bond donors (Lipinski definition) is 0. The molecule has 0 saturated carbocycles. The first kappa shape index (κ1) is 21.0. The maximum atomic E-state index is 12.9. The minimum Gasteiger partial charge on any atom is -0.236 e. The first-order chi connectivity index (χ1) is 13.9. The molecule has 0 aliphatic rings. The molecule has 30 heavy (non-hydrogen) atoms. The van der Waals surface area contributed by atoms with Crippen molar-refractivity contribution >= 4 is 43.4 Å². The minimum atomic E-state index is -3.56. The normalized spacial score (nSPS) is 12.3. The highest BCUT2D eigenvalue weighted by molar-refractivity contribution is 7.89. The van der Waals surface area contributed by atoms with Crippen molar-refractivity contribution in [2.45, 2.75) is 41.5 Å². The van der Waals surface area contributed by atoms with Crippen LogP contribution in [0.3, 0.4) is 0 Å². The summed E-state index contributed by atoms with van der Waals surface area (Å²) in [5.41, 5.74) is 10.1. The van der Waals surface area contributed by atoms with Crippen molar-refractivity contribution in [1.82, 2.24) is 3.97 Å². The second-order valence-corrected chi connectivity index (χ2v) is 10.8. The van der Waals surface area contributed by atoms with E-state index in [2.05, 4.69) is 45.0 Å². The molecule has 0 aliphatic heterocycles. The van der Waals surface area contributed by atoms with Gasteiger partial charge in [0, 0.05) is 10.8 Å². The average Bonchev–Trinajstić information content (AvgIpc) is 2.95. The van der Waals surface area contributed by atoms with Gasteiger partial charge >= 0.3 is 0 Å². The van der Waals surface area contributed by atoms with Gasteiger partial charge in [0.15, 0.2) is 0 Å². The zero-order valence-electron chi connectivity index (χ0n) is 18.4. The summed E-state index contributed by atoms with van der Waals surface area (Å²) in [6.07, 6.45) is 1.24. The van der Waals surface area contributed by atoms with Crippen LogP contribution < -0.4 is 0 Å². The molecule has 0 aliphatic carbocycles. The quantitative estimate of drug-likeness (QED) is 0.345. The van der Waals surface area contributed by atoms with Crippen molar-refractivity contribution in [2.75, 3.05) is 6.26 Å². The molecule has 0 unspecified atom stereocenters. The molecule has 156 valence electrons. The molecule has 3 aromatic carbocycles. The van der Waals surface area contributed by atoms with E-state index in [1.165, 1.54) is 26.9 Å². The molecule has 0 spiro atoms. The van der Waals surface area contributed by atoms with Gasteiger partial charge in [0.25, 0.3) is 0 Å². The van der Waals surface area contributed by atoms with Gasteiger partial charge in [-0.25, -0.2) is 12.4 Å². The SMILES string of the molecule is Cc1cc(C)c(-c2cc(Cl)c3c(c2)c2c(C)cc(C)c(C)c2n3S(C)(=O)=O)c(C)c1. The number of hydrogen-bond acceptors (Lipinski definition) is 2. The molecule has 3 nitrogen and oxygen atoms in total. The monoisotopic (exact) mass is 439 g/mol. The Morgan fingerprint density at radius 1 is 0.767 bits per heavy atom. The molecule has 0 fully saturated rings. The van der Waals surface area contributed by atoms with Crippen molar-refractivity contribution < 1.29 is 8.42 Å². The molecule has 0 radical (unpaired) electrons. The first-order valence-corrected chi connectivity index (χ1v) is 12.2. The van der Waals surface area contributed by atoms with Crippen LogP contribution in [0.1, 0.15) is 33.4 Å². The Morgan fingerprint density at radius 2 is 1.37 bits per heavy atom. The predicted molar refractivity (Wildman–Crippen MR) is 129 cm³/mol. The van der Waals surface area contributed by atoms with Crippen LogP contribution in [-0.2, 0) is 10.0 Å². The number of aromatic nitrogens is 1. The van der Waals surface area contributed by atoms with Crippen LogP contribution in [0.5, 0.6) is 0 Å². The van der Waals surface area contributed by atoms with Gasteiger partial charge in [-0.05, 0) is 92.6 Å². The lowest BCUT2D eigenvalue weighted by atomic mass is 9.92. The van der Waals surface area contributed by atoms with Gasteiger partial charge in [-0.2, -0.15) is 0 Å². The fraction of sp³-hybridized carbons (Fsp3) is 0.280. The molecule has 1 heterocycles. The third-order valence-electron chi connectivity index (χ3n) is 6.05. The highest BCUT2D eigenvalue weighted by Crippen LogP contribution is 2.42. The Kier molecular flexibility index (Phi) is 4.79. The Hall–Kier alpha value is -2.30. The van der Waals surface area contributed by atoms with Gasteiger partial charge in [0.2, 0.25) is 10.0 Å². The fourth-order valence-electron chi connectivity index (χ4n) is 4.88. The average molecular weight is 440 g/mol. The van der Waals surface area contributed by atoms with Crippen LogP contribution in [-0.4, -0.2) is 18.6 Å². The molecule has 5 heteroatoms. The predicted octanol–water partition coefficient (Wildman–Crippen LogP) is 6.77. The summed E-state index contributed by atoms with van der Waals surface area (Å²) in [4.78, 5) is 0. The number of nitrogens with zero attached hydrogens (tertiary/aromatic N) is 1. The molecule has 4 aromatic rings. The zero-order valence-corrected chi connectivity index (χ0v) is 20.0. The third kappa shape index (κ3) is 3.05. The van der Waals surface area contributed by atoms with E-state index in [1.807, 2.05) is 26.8 Å². The lowest BCUT2D eigenvalue weighted by Crippen LogP contribution is -2.11. The van der Waals surface area contributed by atoms with Crippen LogP contribution >= 0.6 is 11.6 Å². The molecule has 0 atom stereocenters. The summed E-state index contributed by atoms with van der Waals surface area (Å²) in [7, 11) is -3.56. The molecular formula is C25H26ClNO2S. The Morgan fingerprint density at radius 3 is 1.93 bits per heavy atom. The van der Waals surface area contributed by atoms with E-state index >= 15 is 0 Å². The second kappa shape index (κ2) is 6.86. The largest absolute Gasteiger partial charge is 0.236 e. The Labute approximate surface area is 183 Å². The summed E-state index contributed by atoms with van der Waals surface area (Å²) in [6, 6.07) is 10.4. The van der Waals surface area contributed by atoms with E-state index in [4.69, 9.17) is 11.6 Å². The molecule has 0 bridgehead atoms. The fourth-order valence-corrected chi connectivity index (χ4v) is 6.32. The second-order valence-electron chi connectivity index (χ2n) is 8.51. The summed E-state index contributed by atoms with van der Waals surface area (Å²) < 4.78 is 27.1. The number of aryl methyl sites for hydroxylation is 6. The van der Waals surface area contributed by atoms with Crippen molar-refractivity contribution in [3.05, 3.63) is 68.7 Å². The minimum absolute atomic E-state index is 0.444. The Balaban J connectivity index is 2.27. The van der Waals surface area contributed by atoms with Gasteiger partial charge in [-0.3, -0.25) is 0 Å². The molecule has 0 saturated heterocycles. The van der Waals surface area contributed by atoms with Crippen LogP contribution in [0, 0.1) is 41.5 Å². The van der Waals surface area contributed by atoms with Crippen molar-refractivity contribution in [1.29, 1.82) is 0 Å². The van der Waals surface area contributed by atoms with Gasteiger partial charge in [-0.1, -0.05) is 35.4 Å². The number of benzene rings is 3. The maximum absolute atomic E-state index is 12.9. The molecule has 1 aromatic heterocycles. The van der Waals surface area contributed by atoms with Gasteiger partial charge < -0.3 is 0 Å². The highest BCUT2D eigenvalue weighted by Gasteiger charge is 2.24. The number of halogens is 1. The van der Waals surface area contributed by atoms with Crippen LogP contribution in [0.4, 0.5) is 0 Å². The first-order valence-electron chi connectivity index (χ1n) is 9.95. The van der Waals surface area contributed by atoms with Crippen LogP contribution in [0.25, 0.3) is 32.9 Å². The summed E-state index contributed by atoms with van der Waals surface area (Å²) in [5.74, 6) is 0. The molecule has 0 N–H and O–H groups in total. The molecule has 4 rings (SSSR count). The van der Waals surface area contributed by atoms with Gasteiger partial charge in [-0.15, -0.1) is 0 Å². The number of fused-ring (bicyclic) bond motifs is 3. The van der Waals surface area contributed by atoms with Gasteiger partial charge in [0.05, 0.1) is 22.3 Å². The van der Waals surface area contributed by atoms with Crippen LogP contribution in [0.2, 0.25) is 5.02 Å². The lowest BCUT2D eigenvalue weighted by molar-refractivity contribution is 0.596. The molecule has 0 amide bonds. The summed E-state index contributed by atoms with van der Waals surface area (Å²) >= 11 is 6.79. The highest BCUT2D eigenvalue weighted by atomic mass is 35.5. The smallest absolute Gasteiger partial charge is 0.236 e. The lowest BCUT2D eigenvalue weighted by Gasteiger charge is -2.13. The van der Waals surface area contributed by atoms with Crippen molar-refractivity contribution in [3.8, 4) is 11.1 Å². The van der Waals surface area contributed by atoms with Crippen molar-refractivity contribution in [2.24, 2.45) is 0 Å². The molecular weight excluding hydrogens is 414 g/mol.